The van der Waals surface area contributed by atoms with E-state index in [2.05, 4.69) is 35.5 Å². The van der Waals surface area contributed by atoms with Crippen LogP contribution in [0.3, 0.4) is 0 Å². The number of aromatic nitrogens is 2. The molecule has 4 nitrogen and oxygen atoms in total. The lowest BCUT2D eigenvalue weighted by atomic mass is 10.1. The second kappa shape index (κ2) is 7.75. The molecule has 3 rings (SSSR count). The first kappa shape index (κ1) is 18.2. The highest BCUT2D eigenvalue weighted by Crippen LogP contribution is 2.21. The van der Waals surface area contributed by atoms with Gasteiger partial charge in [0.2, 0.25) is 5.91 Å². The Morgan fingerprint density at radius 3 is 2.50 bits per heavy atom. The van der Waals surface area contributed by atoms with Crippen molar-refractivity contribution >= 4 is 23.2 Å². The SMILES string of the molecule is Cc1cccc(Cn2nc(C)c(NC(=O)Cc3ccc(Cl)cc3)c2C)c1. The maximum absolute atomic E-state index is 12.4. The zero-order valence-corrected chi connectivity index (χ0v) is 16.0. The Balaban J connectivity index is 1.73. The van der Waals surface area contributed by atoms with Gasteiger partial charge in [-0.2, -0.15) is 5.10 Å². The molecule has 134 valence electrons. The van der Waals surface area contributed by atoms with E-state index in [0.717, 1.165) is 22.6 Å². The van der Waals surface area contributed by atoms with Crippen molar-refractivity contribution in [2.75, 3.05) is 5.32 Å². The molecule has 0 radical (unpaired) electrons. The first-order chi connectivity index (χ1) is 12.4. The van der Waals surface area contributed by atoms with Crippen molar-refractivity contribution in [1.29, 1.82) is 0 Å². The van der Waals surface area contributed by atoms with Crippen molar-refractivity contribution in [2.24, 2.45) is 0 Å². The number of aryl methyl sites for hydroxylation is 2. The fourth-order valence-electron chi connectivity index (χ4n) is 2.99. The highest BCUT2D eigenvalue weighted by Gasteiger charge is 2.15. The van der Waals surface area contributed by atoms with Crippen LogP contribution >= 0.6 is 11.6 Å². The van der Waals surface area contributed by atoms with Crippen LogP contribution in [0.2, 0.25) is 5.02 Å². The quantitative estimate of drug-likeness (QED) is 0.711. The van der Waals surface area contributed by atoms with Gasteiger partial charge < -0.3 is 5.32 Å². The van der Waals surface area contributed by atoms with E-state index < -0.39 is 0 Å². The van der Waals surface area contributed by atoms with E-state index in [-0.39, 0.29) is 5.91 Å². The number of nitrogens with one attached hydrogen (secondary N) is 1. The molecule has 3 aromatic rings. The second-order valence-electron chi connectivity index (χ2n) is 6.54. The number of halogens is 1. The van der Waals surface area contributed by atoms with E-state index in [1.807, 2.05) is 36.7 Å². The lowest BCUT2D eigenvalue weighted by Crippen LogP contribution is -2.15. The van der Waals surface area contributed by atoms with E-state index in [0.29, 0.717) is 18.0 Å². The molecule has 0 aliphatic carbocycles. The molecule has 0 saturated carbocycles. The second-order valence-corrected chi connectivity index (χ2v) is 6.98. The minimum atomic E-state index is -0.0615. The monoisotopic (exact) mass is 367 g/mol. The summed E-state index contributed by atoms with van der Waals surface area (Å²) in [6.07, 6.45) is 0.305. The Morgan fingerprint density at radius 2 is 1.81 bits per heavy atom. The van der Waals surface area contributed by atoms with E-state index in [4.69, 9.17) is 11.6 Å². The standard InChI is InChI=1S/C21H22ClN3O/c1-14-5-4-6-18(11-14)13-25-16(3)21(15(2)24-25)23-20(26)12-17-7-9-19(22)10-8-17/h4-11H,12-13H2,1-3H3,(H,23,26). The van der Waals surface area contributed by atoms with Gasteiger partial charge in [-0.1, -0.05) is 53.6 Å². The Bertz CT molecular complexity index is 929. The van der Waals surface area contributed by atoms with E-state index in [1.165, 1.54) is 11.1 Å². The first-order valence-corrected chi connectivity index (χ1v) is 8.94. The molecule has 0 fully saturated rings. The summed E-state index contributed by atoms with van der Waals surface area (Å²) in [5.41, 5.74) is 5.90. The third-order valence-electron chi connectivity index (χ3n) is 4.34. The van der Waals surface area contributed by atoms with Gasteiger partial charge in [0.05, 0.1) is 30.0 Å². The van der Waals surface area contributed by atoms with Crippen molar-refractivity contribution in [1.82, 2.24) is 9.78 Å². The fourth-order valence-corrected chi connectivity index (χ4v) is 3.11. The lowest BCUT2D eigenvalue weighted by molar-refractivity contribution is -0.115. The van der Waals surface area contributed by atoms with Gasteiger partial charge in [0.25, 0.3) is 0 Å². The molecule has 0 atom stereocenters. The number of amides is 1. The van der Waals surface area contributed by atoms with E-state index >= 15 is 0 Å². The largest absolute Gasteiger partial charge is 0.323 e. The van der Waals surface area contributed by atoms with Crippen LogP contribution in [0.4, 0.5) is 5.69 Å². The number of benzene rings is 2. The van der Waals surface area contributed by atoms with Crippen molar-refractivity contribution in [3.8, 4) is 0 Å². The third kappa shape index (κ3) is 4.33. The van der Waals surface area contributed by atoms with Gasteiger partial charge in [-0.05, 0) is 44.0 Å². The Morgan fingerprint density at radius 1 is 1.08 bits per heavy atom. The number of hydrogen-bond acceptors (Lipinski definition) is 2. The summed E-state index contributed by atoms with van der Waals surface area (Å²) in [5.74, 6) is -0.0615. The van der Waals surface area contributed by atoms with Gasteiger partial charge in [0.1, 0.15) is 0 Å². The zero-order chi connectivity index (χ0) is 18.7. The normalized spacial score (nSPS) is 10.8. The summed E-state index contributed by atoms with van der Waals surface area (Å²) in [6, 6.07) is 15.7. The molecule has 1 heterocycles. The molecule has 1 N–H and O–H groups in total. The van der Waals surface area contributed by atoms with Gasteiger partial charge in [-0.3, -0.25) is 9.48 Å². The zero-order valence-electron chi connectivity index (χ0n) is 15.2. The summed E-state index contributed by atoms with van der Waals surface area (Å²) in [5, 5.41) is 8.26. The molecule has 5 heteroatoms. The van der Waals surface area contributed by atoms with Crippen LogP contribution in [0.15, 0.2) is 48.5 Å². The maximum atomic E-state index is 12.4. The van der Waals surface area contributed by atoms with Gasteiger partial charge in [0.15, 0.2) is 0 Å². The van der Waals surface area contributed by atoms with Gasteiger partial charge in [-0.25, -0.2) is 0 Å². The van der Waals surface area contributed by atoms with Crippen LogP contribution in [0.5, 0.6) is 0 Å². The lowest BCUT2D eigenvalue weighted by Gasteiger charge is -2.08. The summed E-state index contributed by atoms with van der Waals surface area (Å²) in [4.78, 5) is 12.4. The molecular weight excluding hydrogens is 346 g/mol. The van der Waals surface area contributed by atoms with E-state index in [9.17, 15) is 4.79 Å². The smallest absolute Gasteiger partial charge is 0.228 e. The number of anilines is 1. The van der Waals surface area contributed by atoms with Crippen molar-refractivity contribution in [3.63, 3.8) is 0 Å². The van der Waals surface area contributed by atoms with Crippen LogP contribution in [0.1, 0.15) is 28.1 Å². The van der Waals surface area contributed by atoms with Crippen LogP contribution in [0.25, 0.3) is 0 Å². The number of carbonyl (C=O) groups is 1. The summed E-state index contributed by atoms with van der Waals surface area (Å²) in [6.45, 7) is 6.65. The van der Waals surface area contributed by atoms with Crippen LogP contribution in [-0.2, 0) is 17.8 Å². The molecule has 0 unspecified atom stereocenters. The Labute approximate surface area is 158 Å². The molecule has 1 amide bonds. The number of carbonyl (C=O) groups excluding carboxylic acids is 1. The molecule has 0 aliphatic rings. The molecular formula is C21H22ClN3O. The number of hydrogen-bond donors (Lipinski definition) is 1. The molecule has 26 heavy (non-hydrogen) atoms. The van der Waals surface area contributed by atoms with Crippen LogP contribution < -0.4 is 5.32 Å². The number of rotatable bonds is 5. The Kier molecular flexibility index (Phi) is 5.43. The minimum absolute atomic E-state index is 0.0615. The summed E-state index contributed by atoms with van der Waals surface area (Å²) >= 11 is 5.89. The number of nitrogens with zero attached hydrogens (tertiary/aromatic N) is 2. The molecule has 2 aromatic carbocycles. The predicted octanol–water partition coefficient (Wildman–Crippen LogP) is 4.69. The van der Waals surface area contributed by atoms with Gasteiger partial charge in [-0.15, -0.1) is 0 Å². The van der Waals surface area contributed by atoms with Crippen LogP contribution in [0, 0.1) is 20.8 Å². The van der Waals surface area contributed by atoms with E-state index in [1.54, 1.807) is 12.1 Å². The minimum Gasteiger partial charge on any atom is -0.323 e. The predicted molar refractivity (Wildman–Crippen MR) is 106 cm³/mol. The molecule has 0 spiro atoms. The average Bonchev–Trinajstić information content (AvgIpc) is 2.84. The van der Waals surface area contributed by atoms with Crippen molar-refractivity contribution < 1.29 is 4.79 Å². The molecule has 0 aliphatic heterocycles. The Hall–Kier alpha value is -2.59. The molecule has 0 bridgehead atoms. The van der Waals surface area contributed by atoms with Crippen molar-refractivity contribution in [3.05, 3.63) is 81.6 Å². The third-order valence-corrected chi connectivity index (χ3v) is 4.59. The topological polar surface area (TPSA) is 46.9 Å². The summed E-state index contributed by atoms with van der Waals surface area (Å²) < 4.78 is 1.93. The van der Waals surface area contributed by atoms with Gasteiger partial charge >= 0.3 is 0 Å². The fraction of sp³-hybridized carbons (Fsp3) is 0.238. The van der Waals surface area contributed by atoms with Crippen molar-refractivity contribution in [2.45, 2.75) is 33.7 Å². The highest BCUT2D eigenvalue weighted by atomic mass is 35.5. The summed E-state index contributed by atoms with van der Waals surface area (Å²) in [7, 11) is 0. The first-order valence-electron chi connectivity index (χ1n) is 8.56. The maximum Gasteiger partial charge on any atom is 0.228 e. The molecule has 1 aromatic heterocycles. The van der Waals surface area contributed by atoms with Gasteiger partial charge in [0, 0.05) is 5.02 Å². The van der Waals surface area contributed by atoms with Crippen LogP contribution in [-0.4, -0.2) is 15.7 Å². The molecule has 0 saturated heterocycles. The average molecular weight is 368 g/mol. The highest BCUT2D eigenvalue weighted by molar-refractivity contribution is 6.30.